The van der Waals surface area contributed by atoms with Gasteiger partial charge in [0.15, 0.2) is 0 Å². The normalized spacial score (nSPS) is 13.6. The van der Waals surface area contributed by atoms with Gasteiger partial charge in [-0.25, -0.2) is 0 Å². The van der Waals surface area contributed by atoms with Gasteiger partial charge in [-0.15, -0.1) is 0 Å². The topological polar surface area (TPSA) is 82.5 Å². The molecule has 1 aromatic carbocycles. The summed E-state index contributed by atoms with van der Waals surface area (Å²) in [6.07, 6.45) is 6.02. The van der Waals surface area contributed by atoms with Crippen molar-refractivity contribution >= 4 is 12.0 Å². The number of benzene rings is 1. The number of nitrogens with one attached hydrogen (secondary N) is 1. The molecule has 2 unspecified atom stereocenters. The van der Waals surface area contributed by atoms with Gasteiger partial charge in [0.1, 0.15) is 5.75 Å². The number of aromatic hydroxyl groups is 1. The third kappa shape index (κ3) is 5.85. The molecule has 0 saturated carbocycles. The van der Waals surface area contributed by atoms with Crippen LogP contribution in [-0.2, 0) is 4.79 Å². The summed E-state index contributed by atoms with van der Waals surface area (Å²) in [7, 11) is 0. The van der Waals surface area contributed by atoms with Crippen molar-refractivity contribution in [1.82, 2.24) is 10.3 Å². The van der Waals surface area contributed by atoms with Crippen LogP contribution in [0.4, 0.5) is 0 Å². The Hall–Kier alpha value is -2.66. The molecule has 1 amide bonds. The number of aliphatic hydroxyl groups is 1. The standard InChI is InChI=1S/C19H22N2O3/c1-14(22)9-17(16-5-3-2-4-6-16)12-21-19(24)8-7-15-10-18(23)13-20-11-15/h2-8,10-11,13-14,17,22-23H,9,12H2,1H3,(H,21,24)/b8-7+. The number of pyridine rings is 1. The first-order valence-electron chi connectivity index (χ1n) is 7.87. The molecule has 0 aliphatic rings. The van der Waals surface area contributed by atoms with Crippen molar-refractivity contribution in [3.05, 3.63) is 66.0 Å². The van der Waals surface area contributed by atoms with E-state index in [2.05, 4.69) is 10.3 Å². The molecule has 0 saturated heterocycles. The summed E-state index contributed by atoms with van der Waals surface area (Å²) in [5.41, 5.74) is 1.73. The van der Waals surface area contributed by atoms with Gasteiger partial charge >= 0.3 is 0 Å². The second-order valence-corrected chi connectivity index (χ2v) is 5.75. The molecule has 3 N–H and O–H groups in total. The van der Waals surface area contributed by atoms with Gasteiger partial charge in [-0.05, 0) is 36.6 Å². The second kappa shape index (κ2) is 8.84. The molecular weight excluding hydrogens is 304 g/mol. The maximum Gasteiger partial charge on any atom is 0.244 e. The Kier molecular flexibility index (Phi) is 6.51. The highest BCUT2D eigenvalue weighted by molar-refractivity contribution is 5.91. The summed E-state index contributed by atoms with van der Waals surface area (Å²) in [5.74, 6) is -0.130. The number of carbonyl (C=O) groups excluding carboxylic acids is 1. The van der Waals surface area contributed by atoms with Crippen LogP contribution in [0.15, 0.2) is 54.9 Å². The van der Waals surface area contributed by atoms with Crippen molar-refractivity contribution in [1.29, 1.82) is 0 Å². The van der Waals surface area contributed by atoms with Gasteiger partial charge in [0.25, 0.3) is 0 Å². The van der Waals surface area contributed by atoms with E-state index in [0.717, 1.165) is 5.56 Å². The summed E-state index contributed by atoms with van der Waals surface area (Å²) in [6, 6.07) is 11.3. The monoisotopic (exact) mass is 326 g/mol. The maximum atomic E-state index is 12.0. The van der Waals surface area contributed by atoms with Gasteiger partial charge < -0.3 is 15.5 Å². The van der Waals surface area contributed by atoms with Gasteiger partial charge in [0.05, 0.1) is 12.3 Å². The lowest BCUT2D eigenvalue weighted by Gasteiger charge is -2.19. The Balaban J connectivity index is 1.94. The smallest absolute Gasteiger partial charge is 0.244 e. The number of hydrogen-bond acceptors (Lipinski definition) is 4. The molecule has 1 heterocycles. The van der Waals surface area contributed by atoms with E-state index in [0.29, 0.717) is 18.5 Å². The zero-order valence-electron chi connectivity index (χ0n) is 13.6. The van der Waals surface area contributed by atoms with E-state index in [1.165, 1.54) is 18.3 Å². The number of amides is 1. The fourth-order valence-electron chi connectivity index (χ4n) is 2.47. The molecule has 2 aromatic rings. The Bertz CT molecular complexity index is 684. The van der Waals surface area contributed by atoms with Crippen LogP contribution < -0.4 is 5.32 Å². The van der Waals surface area contributed by atoms with E-state index in [9.17, 15) is 15.0 Å². The van der Waals surface area contributed by atoms with Crippen LogP contribution in [0.2, 0.25) is 0 Å². The summed E-state index contributed by atoms with van der Waals surface area (Å²) in [6.45, 7) is 2.18. The minimum absolute atomic E-state index is 0.0472. The molecule has 5 nitrogen and oxygen atoms in total. The van der Waals surface area contributed by atoms with Crippen molar-refractivity contribution in [2.45, 2.75) is 25.4 Å². The minimum Gasteiger partial charge on any atom is -0.506 e. The molecular formula is C19H22N2O3. The summed E-state index contributed by atoms with van der Waals surface area (Å²) in [4.78, 5) is 15.8. The van der Waals surface area contributed by atoms with Gasteiger partial charge in [0.2, 0.25) is 5.91 Å². The average molecular weight is 326 g/mol. The fraction of sp³-hybridized carbons (Fsp3) is 0.263. The lowest BCUT2D eigenvalue weighted by atomic mass is 9.93. The molecule has 2 rings (SSSR count). The molecule has 1 aromatic heterocycles. The van der Waals surface area contributed by atoms with Crippen LogP contribution in [-0.4, -0.2) is 33.8 Å². The Morgan fingerprint density at radius 1 is 1.29 bits per heavy atom. The number of nitrogens with zero attached hydrogens (tertiary/aromatic N) is 1. The Labute approximate surface area is 141 Å². The molecule has 0 radical (unpaired) electrons. The number of carbonyl (C=O) groups is 1. The van der Waals surface area contributed by atoms with Crippen molar-refractivity contribution < 1.29 is 15.0 Å². The Morgan fingerprint density at radius 2 is 2.04 bits per heavy atom. The molecule has 24 heavy (non-hydrogen) atoms. The van der Waals surface area contributed by atoms with E-state index < -0.39 is 6.10 Å². The van der Waals surface area contributed by atoms with Crippen LogP contribution >= 0.6 is 0 Å². The first kappa shape index (κ1) is 17.7. The fourth-order valence-corrected chi connectivity index (χ4v) is 2.47. The van der Waals surface area contributed by atoms with Crippen LogP contribution in [0.5, 0.6) is 5.75 Å². The average Bonchev–Trinajstić information content (AvgIpc) is 2.57. The molecule has 0 spiro atoms. The van der Waals surface area contributed by atoms with Crippen molar-refractivity contribution in [3.8, 4) is 5.75 Å². The van der Waals surface area contributed by atoms with E-state index in [1.54, 1.807) is 19.2 Å². The number of aromatic nitrogens is 1. The maximum absolute atomic E-state index is 12.0. The predicted octanol–water partition coefficient (Wildman–Crippen LogP) is 2.47. The second-order valence-electron chi connectivity index (χ2n) is 5.75. The SMILES string of the molecule is CC(O)CC(CNC(=O)/C=C/c1cncc(O)c1)c1ccccc1. The lowest BCUT2D eigenvalue weighted by Crippen LogP contribution is -2.28. The van der Waals surface area contributed by atoms with Crippen LogP contribution in [0.25, 0.3) is 6.08 Å². The highest BCUT2D eigenvalue weighted by atomic mass is 16.3. The predicted molar refractivity (Wildman–Crippen MR) is 93.4 cm³/mol. The molecule has 2 atom stereocenters. The lowest BCUT2D eigenvalue weighted by molar-refractivity contribution is -0.116. The number of rotatable bonds is 7. The van der Waals surface area contributed by atoms with Crippen LogP contribution in [0, 0.1) is 0 Å². The third-order valence-corrected chi connectivity index (χ3v) is 3.59. The molecule has 0 fully saturated rings. The Morgan fingerprint density at radius 3 is 2.71 bits per heavy atom. The highest BCUT2D eigenvalue weighted by Gasteiger charge is 2.14. The van der Waals surface area contributed by atoms with Gasteiger partial charge in [-0.1, -0.05) is 30.3 Å². The first-order chi connectivity index (χ1) is 11.5. The molecule has 0 aliphatic heterocycles. The zero-order valence-corrected chi connectivity index (χ0v) is 13.6. The first-order valence-corrected chi connectivity index (χ1v) is 7.87. The van der Waals surface area contributed by atoms with Gasteiger partial charge in [0, 0.05) is 24.7 Å². The largest absolute Gasteiger partial charge is 0.506 e. The molecule has 0 bridgehead atoms. The summed E-state index contributed by atoms with van der Waals surface area (Å²) >= 11 is 0. The van der Waals surface area contributed by atoms with Gasteiger partial charge in [-0.3, -0.25) is 9.78 Å². The van der Waals surface area contributed by atoms with E-state index >= 15 is 0 Å². The minimum atomic E-state index is -0.444. The summed E-state index contributed by atoms with van der Waals surface area (Å²) < 4.78 is 0. The van der Waals surface area contributed by atoms with Crippen LogP contribution in [0.1, 0.15) is 30.4 Å². The molecule has 5 heteroatoms. The van der Waals surface area contributed by atoms with Crippen molar-refractivity contribution in [2.75, 3.05) is 6.54 Å². The van der Waals surface area contributed by atoms with Crippen molar-refractivity contribution in [2.24, 2.45) is 0 Å². The van der Waals surface area contributed by atoms with E-state index in [4.69, 9.17) is 0 Å². The van der Waals surface area contributed by atoms with Crippen molar-refractivity contribution in [3.63, 3.8) is 0 Å². The number of hydrogen-bond donors (Lipinski definition) is 3. The number of aliphatic hydroxyl groups excluding tert-OH is 1. The highest BCUT2D eigenvalue weighted by Crippen LogP contribution is 2.20. The quantitative estimate of drug-likeness (QED) is 0.683. The molecule has 126 valence electrons. The third-order valence-electron chi connectivity index (χ3n) is 3.59. The van der Waals surface area contributed by atoms with Crippen LogP contribution in [0.3, 0.4) is 0 Å². The van der Waals surface area contributed by atoms with Gasteiger partial charge in [-0.2, -0.15) is 0 Å². The van der Waals surface area contributed by atoms with E-state index in [1.807, 2.05) is 30.3 Å². The van der Waals surface area contributed by atoms with E-state index in [-0.39, 0.29) is 17.6 Å². The summed E-state index contributed by atoms with van der Waals surface area (Å²) in [5, 5.41) is 21.9. The molecule has 0 aliphatic carbocycles. The zero-order chi connectivity index (χ0) is 17.4.